The molecule has 3 aromatic rings. The molecule has 2 saturated heterocycles. The van der Waals surface area contributed by atoms with Gasteiger partial charge < -0.3 is 10.3 Å². The maximum absolute atomic E-state index is 11.5. The lowest BCUT2D eigenvalue weighted by molar-refractivity contribution is -0.0659. The van der Waals surface area contributed by atoms with Crippen molar-refractivity contribution in [1.29, 1.82) is 0 Å². The average molecular weight is 392 g/mol. The van der Waals surface area contributed by atoms with Gasteiger partial charge in [-0.25, -0.2) is 0 Å². The second-order valence-corrected chi connectivity index (χ2v) is 8.85. The van der Waals surface area contributed by atoms with Crippen LogP contribution in [0.15, 0.2) is 30.3 Å². The molecule has 0 bridgehead atoms. The summed E-state index contributed by atoms with van der Waals surface area (Å²) in [4.78, 5) is 14.2. The first-order chi connectivity index (χ1) is 13.9. The Bertz CT molecular complexity index is 1070. The van der Waals surface area contributed by atoms with Crippen LogP contribution in [0.2, 0.25) is 0 Å². The number of aryl methyl sites for hydroxylation is 3. The minimum atomic E-state index is -0.506. The monoisotopic (exact) mass is 391 g/mol. The Hall–Kier alpha value is -2.60. The van der Waals surface area contributed by atoms with Crippen LogP contribution in [0.3, 0.4) is 0 Å². The zero-order chi connectivity index (χ0) is 20.3. The number of benzene rings is 1. The maximum Gasteiger partial charge on any atom is 0.269 e. The molecular formula is C23H29N5O. The third kappa shape index (κ3) is 2.65. The third-order valence-corrected chi connectivity index (χ3v) is 7.47. The number of hydrogen-bond acceptors (Lipinski definition) is 3. The molecule has 1 aromatic carbocycles. The molecule has 2 unspecified atom stereocenters. The molecule has 2 aliphatic heterocycles. The van der Waals surface area contributed by atoms with Crippen molar-refractivity contribution in [2.24, 2.45) is 18.7 Å². The SMILES string of the molecule is C1CN2CCC23CCC13.Cc1ccc(C)n1-c1ccc2c(c1)c(C(N)=O)nn2C. The molecule has 29 heavy (non-hydrogen) atoms. The van der Waals surface area contributed by atoms with E-state index in [0.717, 1.165) is 39.4 Å². The minimum absolute atomic E-state index is 0.312. The molecule has 4 heterocycles. The van der Waals surface area contributed by atoms with Gasteiger partial charge in [-0.2, -0.15) is 5.10 Å². The first kappa shape index (κ1) is 18.4. The number of primary amides is 1. The summed E-state index contributed by atoms with van der Waals surface area (Å²) in [5.41, 5.74) is 10.7. The maximum atomic E-state index is 11.5. The fourth-order valence-corrected chi connectivity index (χ4v) is 5.69. The van der Waals surface area contributed by atoms with E-state index >= 15 is 0 Å². The number of rotatable bonds is 2. The summed E-state index contributed by atoms with van der Waals surface area (Å²) in [5.74, 6) is 0.625. The van der Waals surface area contributed by atoms with E-state index in [0.29, 0.717) is 5.69 Å². The van der Waals surface area contributed by atoms with Crippen molar-refractivity contribution in [3.8, 4) is 5.69 Å². The predicted octanol–water partition coefficient (Wildman–Crippen LogP) is 3.32. The highest BCUT2D eigenvalue weighted by atomic mass is 16.1. The fourth-order valence-electron chi connectivity index (χ4n) is 5.69. The summed E-state index contributed by atoms with van der Waals surface area (Å²) in [6.07, 6.45) is 6.10. The summed E-state index contributed by atoms with van der Waals surface area (Å²) in [5, 5.41) is 4.97. The molecule has 6 nitrogen and oxygen atoms in total. The number of nitrogens with two attached hydrogens (primary N) is 1. The highest BCUT2D eigenvalue weighted by Crippen LogP contribution is 2.57. The van der Waals surface area contributed by atoms with E-state index in [9.17, 15) is 4.79 Å². The highest BCUT2D eigenvalue weighted by Gasteiger charge is 2.59. The van der Waals surface area contributed by atoms with E-state index in [-0.39, 0.29) is 0 Å². The van der Waals surface area contributed by atoms with Gasteiger partial charge in [0.1, 0.15) is 0 Å². The van der Waals surface area contributed by atoms with E-state index in [4.69, 9.17) is 5.73 Å². The van der Waals surface area contributed by atoms with Crippen molar-refractivity contribution in [1.82, 2.24) is 19.2 Å². The highest BCUT2D eigenvalue weighted by molar-refractivity contribution is 6.04. The summed E-state index contributed by atoms with van der Waals surface area (Å²) in [6.45, 7) is 6.94. The van der Waals surface area contributed by atoms with Crippen LogP contribution in [0.25, 0.3) is 16.6 Å². The first-order valence-corrected chi connectivity index (χ1v) is 10.6. The number of aromatic nitrogens is 3. The van der Waals surface area contributed by atoms with Crippen molar-refractivity contribution in [2.45, 2.75) is 45.1 Å². The summed E-state index contributed by atoms with van der Waals surface area (Å²) in [7, 11) is 1.81. The zero-order valence-corrected chi connectivity index (χ0v) is 17.5. The Kier molecular flexibility index (Phi) is 4.10. The largest absolute Gasteiger partial charge is 0.364 e. The zero-order valence-electron chi connectivity index (χ0n) is 17.5. The van der Waals surface area contributed by atoms with Crippen LogP contribution in [0.5, 0.6) is 0 Å². The van der Waals surface area contributed by atoms with Crippen molar-refractivity contribution in [3.05, 3.63) is 47.4 Å². The Morgan fingerprint density at radius 1 is 1.10 bits per heavy atom. The van der Waals surface area contributed by atoms with Crippen LogP contribution in [0.4, 0.5) is 0 Å². The summed E-state index contributed by atoms with van der Waals surface area (Å²) in [6, 6.07) is 10.1. The lowest BCUT2D eigenvalue weighted by atomic mass is 9.62. The number of nitrogens with zero attached hydrogens (tertiary/aromatic N) is 4. The third-order valence-electron chi connectivity index (χ3n) is 7.47. The van der Waals surface area contributed by atoms with Crippen LogP contribution in [-0.4, -0.2) is 43.8 Å². The smallest absolute Gasteiger partial charge is 0.269 e. The van der Waals surface area contributed by atoms with E-state index in [2.05, 4.69) is 40.5 Å². The van der Waals surface area contributed by atoms with Gasteiger partial charge in [-0.3, -0.25) is 14.4 Å². The summed E-state index contributed by atoms with van der Waals surface area (Å²) >= 11 is 0. The van der Waals surface area contributed by atoms with Gasteiger partial charge >= 0.3 is 0 Å². The quantitative estimate of drug-likeness (QED) is 0.729. The first-order valence-electron chi connectivity index (χ1n) is 10.6. The Morgan fingerprint density at radius 2 is 1.86 bits per heavy atom. The Balaban J connectivity index is 0.000000165. The van der Waals surface area contributed by atoms with Gasteiger partial charge in [0.05, 0.1) is 5.52 Å². The molecule has 1 spiro atoms. The average Bonchev–Trinajstić information content (AvgIpc) is 3.21. The Labute approximate surface area is 171 Å². The molecule has 6 heteroatoms. The van der Waals surface area contributed by atoms with E-state index in [1.54, 1.807) is 11.7 Å². The van der Waals surface area contributed by atoms with E-state index < -0.39 is 5.91 Å². The van der Waals surface area contributed by atoms with Gasteiger partial charge in [0.15, 0.2) is 5.69 Å². The van der Waals surface area contributed by atoms with Crippen molar-refractivity contribution < 1.29 is 4.79 Å². The second kappa shape index (κ2) is 6.46. The Morgan fingerprint density at radius 3 is 2.38 bits per heavy atom. The van der Waals surface area contributed by atoms with Gasteiger partial charge in [0.25, 0.3) is 5.91 Å². The lowest BCUT2D eigenvalue weighted by Gasteiger charge is -2.58. The van der Waals surface area contributed by atoms with Crippen LogP contribution in [0.1, 0.15) is 47.6 Å². The van der Waals surface area contributed by atoms with Crippen molar-refractivity contribution >= 4 is 16.8 Å². The normalized spacial score (nSPS) is 24.9. The molecule has 2 atom stereocenters. The van der Waals surface area contributed by atoms with Crippen LogP contribution in [0, 0.1) is 19.8 Å². The molecule has 0 radical (unpaired) electrons. The van der Waals surface area contributed by atoms with Crippen LogP contribution >= 0.6 is 0 Å². The van der Waals surface area contributed by atoms with E-state index in [1.165, 1.54) is 38.8 Å². The minimum Gasteiger partial charge on any atom is -0.364 e. The molecular weight excluding hydrogens is 362 g/mol. The number of amides is 1. The van der Waals surface area contributed by atoms with Crippen molar-refractivity contribution in [3.63, 3.8) is 0 Å². The molecule has 152 valence electrons. The predicted molar refractivity (Wildman–Crippen MR) is 114 cm³/mol. The number of carbonyl (C=O) groups is 1. The standard InChI is InChI=1S/C15H16N4O.C8H13N/c1-9-4-5-10(2)19(9)11-6-7-13-12(8-11)14(15(16)20)17-18(13)3;1-3-8-4-6-9(8)5-2-7(1)8/h4-8H,1-3H3,(H2,16,20);7H,1-6H2. The number of fused-ring (bicyclic) bond motifs is 1. The van der Waals surface area contributed by atoms with E-state index in [1.807, 2.05) is 18.2 Å². The molecule has 6 rings (SSSR count). The molecule has 2 N–H and O–H groups in total. The summed E-state index contributed by atoms with van der Waals surface area (Å²) < 4.78 is 3.81. The molecule has 1 amide bonds. The number of hydrogen-bond donors (Lipinski definition) is 1. The fraction of sp³-hybridized carbons (Fsp3) is 0.478. The number of carbonyl (C=O) groups excluding carboxylic acids is 1. The van der Waals surface area contributed by atoms with Gasteiger partial charge in [0.2, 0.25) is 0 Å². The molecule has 1 aliphatic carbocycles. The molecule has 2 aromatic heterocycles. The van der Waals surface area contributed by atoms with Crippen LogP contribution < -0.4 is 5.73 Å². The molecule has 3 aliphatic rings. The van der Waals surface area contributed by atoms with Gasteiger partial charge in [-0.15, -0.1) is 0 Å². The lowest BCUT2D eigenvalue weighted by Crippen LogP contribution is -2.63. The van der Waals surface area contributed by atoms with Gasteiger partial charge in [0, 0.05) is 41.6 Å². The molecule has 1 saturated carbocycles. The molecule has 3 fully saturated rings. The van der Waals surface area contributed by atoms with Crippen molar-refractivity contribution in [2.75, 3.05) is 13.1 Å². The van der Waals surface area contributed by atoms with Crippen LogP contribution in [-0.2, 0) is 7.05 Å². The van der Waals surface area contributed by atoms with Gasteiger partial charge in [-0.1, -0.05) is 0 Å². The topological polar surface area (TPSA) is 69.1 Å². The van der Waals surface area contributed by atoms with Gasteiger partial charge in [-0.05, 0) is 82.3 Å². The second-order valence-electron chi connectivity index (χ2n) is 8.85.